The summed E-state index contributed by atoms with van der Waals surface area (Å²) in [5.41, 5.74) is 20.4. The fourth-order valence-electron chi connectivity index (χ4n) is 18.0. The number of rotatable bonds is 16. The van der Waals surface area contributed by atoms with E-state index in [2.05, 4.69) is 241 Å². The molecule has 0 saturated carbocycles. The van der Waals surface area contributed by atoms with Crippen LogP contribution in [-0.2, 0) is 92.5 Å². The van der Waals surface area contributed by atoms with Crippen LogP contribution in [0.15, 0.2) is 317 Å². The van der Waals surface area contributed by atoms with E-state index < -0.39 is 95.7 Å². The number of pyridine rings is 3. The Hall–Kier alpha value is -11.3. The second-order valence-corrected chi connectivity index (χ2v) is 74.5. The molecule has 0 unspecified atom stereocenters. The maximum absolute atomic E-state index is 8.80. The van der Waals surface area contributed by atoms with Gasteiger partial charge in [0.25, 0.3) is 0 Å². The Morgan fingerprint density at radius 1 is 0.347 bits per heavy atom. The Bertz CT molecular complexity index is 8700. The largest absolute Gasteiger partial charge is 0.501 e. The summed E-state index contributed by atoms with van der Waals surface area (Å²) in [6.45, 7) is 18.7. The number of nitrogens with zero attached hydrogens (tertiary/aromatic N) is 9. The summed E-state index contributed by atoms with van der Waals surface area (Å²) in [5, 5.41) is 6.67. The summed E-state index contributed by atoms with van der Waals surface area (Å²) in [6, 6.07) is 111. The van der Waals surface area contributed by atoms with Gasteiger partial charge in [0.15, 0.2) is 0 Å². The van der Waals surface area contributed by atoms with Crippen molar-refractivity contribution in [2.24, 2.45) is 16.2 Å². The Balaban J connectivity index is 0.000000151. The summed E-state index contributed by atoms with van der Waals surface area (Å²) in [7, 11) is 0. The van der Waals surface area contributed by atoms with Crippen LogP contribution >= 0.6 is 0 Å². The van der Waals surface area contributed by atoms with Crippen LogP contribution in [0.4, 0.5) is 0 Å². The minimum Gasteiger partial charge on any atom is -0.501 e. The molecule has 0 aliphatic carbocycles. The Morgan fingerprint density at radius 3 is 0.980 bits per heavy atom. The molecule has 18 heteroatoms. The normalized spacial score (nSPS) is 13.9. The number of hydrogen-bond donors (Lipinski definition) is 0. The maximum Gasteiger partial charge on any atom is 0.120 e. The van der Waals surface area contributed by atoms with Gasteiger partial charge >= 0.3 is 435 Å². The molecule has 9 heterocycles. The van der Waals surface area contributed by atoms with Gasteiger partial charge in [-0.2, -0.15) is 0 Å². The first-order valence-electron chi connectivity index (χ1n) is 56.6. The molecular formula is C129H133Ge3Ir3N9O3-6. The van der Waals surface area contributed by atoms with Gasteiger partial charge < -0.3 is 27.0 Å². The maximum atomic E-state index is 8.80. The van der Waals surface area contributed by atoms with E-state index in [1.54, 1.807) is 36.4 Å². The standard InChI is InChI=1S/C26H17N2O.C22H17N2O.C21H15N2O.3C20H28GeN.3Ir/c1-2-9-18(10-3-1)17-28-23-15-6-5-14-22(23)27-26(28)21-13-8-12-20-19-11-4-7-16-24(19)29-25(20)21;1-14(2)24-19-12-5-4-11-18(19)23-22(24)17-10-7-9-16-15-8-3-6-13-20(15)25-21(16)17;1-2-23-18-12-5-4-11-17(18)22-21(23)16-10-7-9-15-14-8-3-6-13-19(14)24-20(15)16;3*1-15-8-10-16(11-9-15)19-12-17(13-20(2,3)4)18(14-22-19)21(5,6)7;;;/h1-12,14-16H,17H2;3-9,11-14H,1-2H3;3-9,11-13H,2H2,1H3;3*8-10,12,14H,13H2,1-7H3;;;/q6*-1;;;/i;;;3*1D3,13D2;;;. The number of furan rings is 3. The van der Waals surface area contributed by atoms with Gasteiger partial charge in [0.05, 0.1) is 67.3 Å². The molecule has 757 valence electrons. The smallest absolute Gasteiger partial charge is 0.120 e. The third-order valence-electron chi connectivity index (χ3n) is 24.5. The van der Waals surface area contributed by atoms with Crippen molar-refractivity contribution in [3.8, 4) is 67.9 Å². The molecule has 0 fully saturated rings. The van der Waals surface area contributed by atoms with Gasteiger partial charge in [-0.25, -0.2) is 0 Å². The van der Waals surface area contributed by atoms with Crippen LogP contribution in [0, 0.1) is 73.2 Å². The molecule has 13 aromatic carbocycles. The molecule has 0 spiro atoms. The number of aromatic nitrogens is 9. The average Bonchev–Trinajstić information content (AvgIpc) is 1.69. The van der Waals surface area contributed by atoms with Crippen molar-refractivity contribution in [2.45, 2.75) is 194 Å². The molecule has 22 aromatic rings. The average molecular weight is 2670 g/mol. The molecule has 0 aliphatic rings. The molecule has 0 atom stereocenters. The predicted octanol–water partition coefficient (Wildman–Crippen LogP) is 32.8. The van der Waals surface area contributed by atoms with Crippen LogP contribution in [0.25, 0.3) is 167 Å². The van der Waals surface area contributed by atoms with Crippen LogP contribution in [-0.4, -0.2) is 83.4 Å². The van der Waals surface area contributed by atoms with Crippen molar-refractivity contribution in [2.75, 3.05) is 0 Å². The van der Waals surface area contributed by atoms with Gasteiger partial charge in [-0.3, -0.25) is 15.0 Å². The molecule has 0 amide bonds. The molecule has 0 saturated heterocycles. The van der Waals surface area contributed by atoms with E-state index in [1.807, 2.05) is 208 Å². The molecule has 12 nitrogen and oxygen atoms in total. The predicted molar refractivity (Wildman–Crippen MR) is 614 cm³/mol. The quantitative estimate of drug-likeness (QED) is 0.0685. The third-order valence-corrected chi connectivity index (χ3v) is 37.2. The van der Waals surface area contributed by atoms with Crippen molar-refractivity contribution < 1.29 is 94.1 Å². The molecule has 3 radical (unpaired) electrons. The second-order valence-electron chi connectivity index (χ2n) is 42.8. The van der Waals surface area contributed by atoms with E-state index in [1.165, 1.54) is 23.8 Å². The van der Waals surface area contributed by atoms with E-state index >= 15 is 0 Å². The summed E-state index contributed by atoms with van der Waals surface area (Å²) >= 11 is -7.07. The van der Waals surface area contributed by atoms with Gasteiger partial charge in [0.1, 0.15) is 16.7 Å². The number of hydrogen-bond acceptors (Lipinski definition) is 9. The van der Waals surface area contributed by atoms with Crippen LogP contribution in [0.2, 0.25) is 51.8 Å². The first-order valence-corrected chi connectivity index (χ1v) is 71.2. The van der Waals surface area contributed by atoms with Crippen LogP contribution in [0.1, 0.15) is 149 Å². The van der Waals surface area contributed by atoms with E-state index in [-0.39, 0.29) is 83.0 Å². The van der Waals surface area contributed by atoms with Crippen molar-refractivity contribution >= 4 is 152 Å². The third kappa shape index (κ3) is 26.2. The topological polar surface area (TPSA) is 132 Å². The zero-order chi connectivity index (χ0) is 115. The monoisotopic (exact) mass is 2670 g/mol. The van der Waals surface area contributed by atoms with Crippen LogP contribution < -0.4 is 13.2 Å². The fourth-order valence-corrected chi connectivity index (χ4v) is 26.7. The van der Waals surface area contributed by atoms with Gasteiger partial charge in [-0.15, -0.1) is 54.6 Å². The van der Waals surface area contributed by atoms with Gasteiger partial charge in [0, 0.05) is 95.6 Å². The van der Waals surface area contributed by atoms with Crippen molar-refractivity contribution in [1.82, 2.24) is 43.6 Å². The Labute approximate surface area is 938 Å². The number of fused-ring (bicyclic) bond motifs is 12. The van der Waals surface area contributed by atoms with Gasteiger partial charge in [-0.1, -0.05) is 154 Å². The fraction of sp³-hybridized carbons (Fsp3) is 0.256. The van der Waals surface area contributed by atoms with E-state index in [9.17, 15) is 0 Å². The molecule has 9 aromatic heterocycles. The van der Waals surface area contributed by atoms with E-state index in [0.717, 1.165) is 159 Å². The summed E-state index contributed by atoms with van der Waals surface area (Å²) in [4.78, 5) is 28.4. The summed E-state index contributed by atoms with van der Waals surface area (Å²) in [5.74, 6) is 22.8. The summed E-state index contributed by atoms with van der Waals surface area (Å²) in [6.07, 6.45) is 0.908. The molecule has 0 aliphatic heterocycles. The van der Waals surface area contributed by atoms with Crippen molar-refractivity contribution in [3.05, 3.63) is 379 Å². The van der Waals surface area contributed by atoms with Crippen LogP contribution in [0.5, 0.6) is 0 Å². The Kier molecular flexibility index (Phi) is 29.3. The zero-order valence-corrected chi connectivity index (χ0v) is 101. The number of imidazole rings is 3. The minimum atomic E-state index is -2.36. The van der Waals surface area contributed by atoms with E-state index in [4.69, 9.17) is 48.8 Å². The molecule has 147 heavy (non-hydrogen) atoms. The Morgan fingerprint density at radius 2 is 0.653 bits per heavy atom. The first kappa shape index (κ1) is 91.9. The SMILES string of the molecule is CC(C)n1c(-c2[c-]ccc3c2oc2ccccc23)nc2ccccc21.CCn1c(-c2[c-]ccc3c2oc2ccccc23)nc2ccccc21.[2H]C([2H])([2H])c1c[c-]c(-c2cc(C([2H])([2H])C(C)(C)C)[c]([Ge]([CH3])([CH3])[CH3])cn2)cc1.[2H]C([2H])([2H])c1c[c-]c(-c2cc(C([2H])([2H])C(C)(C)C)[c]([Ge]([CH3])([CH3])[CH3])cn2)cc1.[2H]C([2H])([2H])c1c[c-]c(-c2cc(C([2H])([2H])C(C)(C)C)[c]([Ge]([CH3])([CH3])[CH3])cn2)cc1.[Ir].[Ir].[Ir].[c-]1ccc2c(oc3ccccc32)c1-c1nc2ccccc2n1Cc1ccccc1. The van der Waals surface area contributed by atoms with Crippen molar-refractivity contribution in [3.63, 3.8) is 0 Å². The molecule has 22 rings (SSSR count). The number of aryl methyl sites for hydroxylation is 4. The minimum absolute atomic E-state index is 0. The van der Waals surface area contributed by atoms with Crippen molar-refractivity contribution in [1.29, 1.82) is 0 Å². The number of para-hydroxylation sites is 9. The van der Waals surface area contributed by atoms with E-state index in [0.29, 0.717) is 50.5 Å². The van der Waals surface area contributed by atoms with Gasteiger partial charge in [-0.05, 0) is 80.9 Å². The number of benzene rings is 13. The van der Waals surface area contributed by atoms with Crippen LogP contribution in [0.3, 0.4) is 0 Å². The summed E-state index contributed by atoms with van der Waals surface area (Å²) < 4.78 is 149. The van der Waals surface area contributed by atoms with Gasteiger partial charge in [0.2, 0.25) is 0 Å². The zero-order valence-electron chi connectivity index (χ0n) is 102. The molecule has 0 bridgehead atoms. The molecule has 0 N–H and O–H groups in total. The second kappa shape index (κ2) is 46.8. The molecular weight excluding hydrogens is 2520 g/mol. The first-order chi connectivity index (χ1) is 74.6.